The van der Waals surface area contributed by atoms with Crippen molar-refractivity contribution >= 4 is 18.3 Å². The molecule has 4 heteroatoms. The van der Waals surface area contributed by atoms with Crippen LogP contribution in [0.3, 0.4) is 0 Å². The summed E-state index contributed by atoms with van der Waals surface area (Å²) in [5, 5.41) is 8.87. The summed E-state index contributed by atoms with van der Waals surface area (Å²) in [5.74, 6) is -0.809. The van der Waals surface area contributed by atoms with Gasteiger partial charge < -0.3 is 9.84 Å². The third-order valence-corrected chi connectivity index (χ3v) is 1.83. The Morgan fingerprint density at radius 3 is 2.73 bits per heavy atom. The van der Waals surface area contributed by atoms with E-state index in [0.717, 1.165) is 0 Å². The van der Waals surface area contributed by atoms with E-state index in [1.807, 2.05) is 0 Å². The number of methoxy groups -OCH3 is 1. The van der Waals surface area contributed by atoms with Crippen molar-refractivity contribution in [2.75, 3.05) is 7.11 Å². The number of carbonyl (C=O) groups excluding carboxylic acids is 1. The average Bonchev–Trinajstić information content (AvgIpc) is 2.25. The van der Waals surface area contributed by atoms with Crippen molar-refractivity contribution < 1.29 is 19.4 Å². The molecule has 15 heavy (non-hydrogen) atoms. The van der Waals surface area contributed by atoms with E-state index >= 15 is 0 Å². The van der Waals surface area contributed by atoms with E-state index in [0.29, 0.717) is 11.8 Å². The molecule has 0 aromatic heterocycles. The third kappa shape index (κ3) is 2.43. The van der Waals surface area contributed by atoms with Crippen molar-refractivity contribution in [2.45, 2.75) is 0 Å². The standard InChI is InChI=1S/C11H10O4/c1-15-10-8(5-3-7-12)4-2-6-9(10)11(13)14/h2-7H,1H3,(H,13,14). The largest absolute Gasteiger partial charge is 0.495 e. The Kier molecular flexibility index (Phi) is 3.62. The van der Waals surface area contributed by atoms with Crippen LogP contribution in [0.2, 0.25) is 0 Å². The lowest BCUT2D eigenvalue weighted by Crippen LogP contribution is -2.01. The second-order valence-electron chi connectivity index (χ2n) is 2.73. The van der Waals surface area contributed by atoms with Crippen molar-refractivity contribution in [3.63, 3.8) is 0 Å². The molecular formula is C11H10O4. The van der Waals surface area contributed by atoms with E-state index < -0.39 is 5.97 Å². The minimum atomic E-state index is -1.06. The highest BCUT2D eigenvalue weighted by atomic mass is 16.5. The van der Waals surface area contributed by atoms with E-state index in [4.69, 9.17) is 9.84 Å². The molecule has 0 aliphatic rings. The third-order valence-electron chi connectivity index (χ3n) is 1.83. The second-order valence-corrected chi connectivity index (χ2v) is 2.73. The summed E-state index contributed by atoms with van der Waals surface area (Å²) in [7, 11) is 1.39. The van der Waals surface area contributed by atoms with Gasteiger partial charge in [-0.3, -0.25) is 4.79 Å². The Labute approximate surface area is 86.8 Å². The number of benzene rings is 1. The minimum absolute atomic E-state index is 0.0746. The maximum atomic E-state index is 10.8. The molecule has 0 unspecified atom stereocenters. The van der Waals surface area contributed by atoms with Gasteiger partial charge >= 0.3 is 5.97 Å². The fourth-order valence-electron chi connectivity index (χ4n) is 1.23. The van der Waals surface area contributed by atoms with Crippen LogP contribution in [0.25, 0.3) is 6.08 Å². The monoisotopic (exact) mass is 206 g/mol. The number of allylic oxidation sites excluding steroid dienone is 1. The van der Waals surface area contributed by atoms with Gasteiger partial charge in [-0.25, -0.2) is 4.79 Å². The lowest BCUT2D eigenvalue weighted by Gasteiger charge is -2.07. The summed E-state index contributed by atoms with van der Waals surface area (Å²) < 4.78 is 4.99. The van der Waals surface area contributed by atoms with Gasteiger partial charge in [-0.2, -0.15) is 0 Å². The van der Waals surface area contributed by atoms with Gasteiger partial charge in [0.05, 0.1) is 7.11 Å². The molecule has 1 aromatic rings. The zero-order valence-electron chi connectivity index (χ0n) is 8.14. The van der Waals surface area contributed by atoms with Crippen molar-refractivity contribution in [3.8, 4) is 5.75 Å². The van der Waals surface area contributed by atoms with Crippen molar-refractivity contribution in [2.24, 2.45) is 0 Å². The molecule has 78 valence electrons. The molecule has 0 bridgehead atoms. The smallest absolute Gasteiger partial charge is 0.339 e. The molecule has 0 saturated heterocycles. The van der Waals surface area contributed by atoms with Gasteiger partial charge in [0, 0.05) is 5.56 Å². The fraction of sp³-hybridized carbons (Fsp3) is 0.0909. The van der Waals surface area contributed by atoms with Crippen molar-refractivity contribution in [1.82, 2.24) is 0 Å². The van der Waals surface area contributed by atoms with Crippen LogP contribution in [0.5, 0.6) is 5.75 Å². The van der Waals surface area contributed by atoms with E-state index in [-0.39, 0.29) is 11.3 Å². The number of carboxylic acid groups (broad SMARTS) is 1. The predicted octanol–water partition coefficient (Wildman–Crippen LogP) is 1.61. The predicted molar refractivity (Wildman–Crippen MR) is 55.1 cm³/mol. The molecule has 0 spiro atoms. The Morgan fingerprint density at radius 2 is 2.20 bits per heavy atom. The number of aldehydes is 1. The highest BCUT2D eigenvalue weighted by Crippen LogP contribution is 2.24. The summed E-state index contributed by atoms with van der Waals surface area (Å²) >= 11 is 0. The molecule has 0 saturated carbocycles. The van der Waals surface area contributed by atoms with E-state index in [2.05, 4.69) is 0 Å². The number of aromatic carboxylic acids is 1. The topological polar surface area (TPSA) is 63.6 Å². The highest BCUT2D eigenvalue weighted by molar-refractivity contribution is 5.93. The summed E-state index contributed by atoms with van der Waals surface area (Å²) in [5.41, 5.74) is 0.634. The van der Waals surface area contributed by atoms with Gasteiger partial charge in [0.1, 0.15) is 17.6 Å². The lowest BCUT2D eigenvalue weighted by atomic mass is 10.1. The zero-order chi connectivity index (χ0) is 11.3. The van der Waals surface area contributed by atoms with Crippen LogP contribution in [0.1, 0.15) is 15.9 Å². The lowest BCUT2D eigenvalue weighted by molar-refractivity contribution is -0.104. The van der Waals surface area contributed by atoms with Crippen LogP contribution in [0.15, 0.2) is 24.3 Å². The summed E-state index contributed by atoms with van der Waals surface area (Å²) in [4.78, 5) is 21.0. The van der Waals surface area contributed by atoms with Gasteiger partial charge in [0.2, 0.25) is 0 Å². The number of ether oxygens (including phenoxy) is 1. The van der Waals surface area contributed by atoms with Gasteiger partial charge in [0.25, 0.3) is 0 Å². The number of carboxylic acids is 1. The van der Waals surface area contributed by atoms with Gasteiger partial charge in [-0.1, -0.05) is 12.1 Å². The number of carbonyl (C=O) groups is 2. The van der Waals surface area contributed by atoms with Crippen LogP contribution in [-0.2, 0) is 4.79 Å². The molecule has 1 aromatic carbocycles. The summed E-state index contributed by atoms with van der Waals surface area (Å²) in [6, 6.07) is 4.71. The Morgan fingerprint density at radius 1 is 1.47 bits per heavy atom. The zero-order valence-corrected chi connectivity index (χ0v) is 8.14. The van der Waals surface area contributed by atoms with Crippen LogP contribution < -0.4 is 4.74 Å². The SMILES string of the molecule is COc1c(C=CC=O)cccc1C(=O)O. The summed E-state index contributed by atoms with van der Waals surface area (Å²) in [6.07, 6.45) is 3.40. The molecular weight excluding hydrogens is 196 g/mol. The fourth-order valence-corrected chi connectivity index (χ4v) is 1.23. The minimum Gasteiger partial charge on any atom is -0.495 e. The average molecular weight is 206 g/mol. The molecule has 0 aliphatic carbocycles. The number of hydrogen-bond acceptors (Lipinski definition) is 3. The van der Waals surface area contributed by atoms with Gasteiger partial charge in [-0.15, -0.1) is 0 Å². The first kappa shape index (κ1) is 11.0. The van der Waals surface area contributed by atoms with Crippen LogP contribution in [0, 0.1) is 0 Å². The first-order valence-electron chi connectivity index (χ1n) is 4.23. The number of rotatable bonds is 4. The van der Waals surface area contributed by atoms with Crippen LogP contribution in [0.4, 0.5) is 0 Å². The normalized spacial score (nSPS) is 10.2. The highest BCUT2D eigenvalue weighted by Gasteiger charge is 2.12. The Hall–Kier alpha value is -2.10. The quantitative estimate of drug-likeness (QED) is 0.600. The van der Waals surface area contributed by atoms with Gasteiger partial charge in [0.15, 0.2) is 0 Å². The molecule has 0 amide bonds. The van der Waals surface area contributed by atoms with E-state index in [9.17, 15) is 9.59 Å². The van der Waals surface area contributed by atoms with E-state index in [1.165, 1.54) is 25.3 Å². The molecule has 0 heterocycles. The van der Waals surface area contributed by atoms with Crippen LogP contribution in [-0.4, -0.2) is 24.5 Å². The van der Waals surface area contributed by atoms with E-state index in [1.54, 1.807) is 12.1 Å². The molecule has 1 rings (SSSR count). The number of para-hydroxylation sites is 1. The van der Waals surface area contributed by atoms with Crippen molar-refractivity contribution in [3.05, 3.63) is 35.4 Å². The molecule has 1 N–H and O–H groups in total. The maximum Gasteiger partial charge on any atom is 0.339 e. The second kappa shape index (κ2) is 4.95. The molecule has 0 atom stereocenters. The van der Waals surface area contributed by atoms with Crippen LogP contribution >= 0.6 is 0 Å². The first-order chi connectivity index (χ1) is 7.20. The van der Waals surface area contributed by atoms with Gasteiger partial charge in [-0.05, 0) is 18.2 Å². The molecule has 4 nitrogen and oxygen atoms in total. The Balaban J connectivity index is 3.27. The first-order valence-corrected chi connectivity index (χ1v) is 4.23. The van der Waals surface area contributed by atoms with Crippen molar-refractivity contribution in [1.29, 1.82) is 0 Å². The molecule has 0 radical (unpaired) electrons. The Bertz CT molecular complexity index is 407. The molecule has 0 aliphatic heterocycles. The number of hydrogen-bond donors (Lipinski definition) is 1. The maximum absolute atomic E-state index is 10.8. The summed E-state index contributed by atoms with van der Waals surface area (Å²) in [6.45, 7) is 0. The molecule has 0 fully saturated rings.